The number of hydrogen-bond acceptors (Lipinski definition) is 3. The zero-order chi connectivity index (χ0) is 10.5. The van der Waals surface area contributed by atoms with Gasteiger partial charge in [0.1, 0.15) is 6.29 Å². The molecule has 0 aromatic heterocycles. The van der Waals surface area contributed by atoms with Crippen LogP contribution in [0.25, 0.3) is 0 Å². The van der Waals surface area contributed by atoms with Gasteiger partial charge in [-0.3, -0.25) is 4.90 Å². The van der Waals surface area contributed by atoms with Gasteiger partial charge in [-0.2, -0.15) is 0 Å². The molecule has 0 aliphatic heterocycles. The van der Waals surface area contributed by atoms with E-state index in [0.717, 1.165) is 4.90 Å². The van der Waals surface area contributed by atoms with Gasteiger partial charge in [-0.15, -0.1) is 0 Å². The fraction of sp³-hybridized carbons (Fsp3) is 0.750. The number of hydrogen-bond donors (Lipinski definition) is 1. The molecule has 0 saturated carbocycles. The van der Waals surface area contributed by atoms with Crippen LogP contribution in [0.1, 0.15) is 13.8 Å². The van der Waals surface area contributed by atoms with Gasteiger partial charge >= 0.3 is 6.09 Å². The third-order valence-corrected chi connectivity index (χ3v) is 1.73. The molecular weight excluding hydrogens is 174 g/mol. The van der Waals surface area contributed by atoms with E-state index in [2.05, 4.69) is 0 Å². The highest BCUT2D eigenvalue weighted by molar-refractivity contribution is 5.74. The largest absolute Gasteiger partial charge is 0.465 e. The zero-order valence-corrected chi connectivity index (χ0v) is 8.11. The van der Waals surface area contributed by atoms with E-state index in [1.54, 1.807) is 13.8 Å². The standard InChI is InChI=1S/C8H15NO4/c1-8(2,6-10)9(7(11)12)4-5-13-3/h6H,4-5H2,1-3H3,(H,11,12). The normalized spacial score (nSPS) is 11.0. The van der Waals surface area contributed by atoms with Gasteiger partial charge in [-0.05, 0) is 13.8 Å². The van der Waals surface area contributed by atoms with E-state index in [4.69, 9.17) is 9.84 Å². The third kappa shape index (κ3) is 3.42. The fourth-order valence-corrected chi connectivity index (χ4v) is 0.877. The van der Waals surface area contributed by atoms with Crippen molar-refractivity contribution in [2.24, 2.45) is 0 Å². The molecule has 5 nitrogen and oxygen atoms in total. The lowest BCUT2D eigenvalue weighted by atomic mass is 10.1. The molecule has 1 amide bonds. The Balaban J connectivity index is 4.41. The number of carbonyl (C=O) groups is 2. The molecule has 0 aromatic rings. The molecule has 76 valence electrons. The quantitative estimate of drug-likeness (QED) is 0.643. The predicted octanol–water partition coefficient (Wildman–Crippen LogP) is 0.590. The molecule has 0 radical (unpaired) electrons. The van der Waals surface area contributed by atoms with E-state index in [1.165, 1.54) is 7.11 Å². The van der Waals surface area contributed by atoms with Gasteiger partial charge in [-0.1, -0.05) is 0 Å². The monoisotopic (exact) mass is 189 g/mol. The Bertz CT molecular complexity index is 191. The summed E-state index contributed by atoms with van der Waals surface area (Å²) in [4.78, 5) is 22.4. The molecule has 0 heterocycles. The fourth-order valence-electron chi connectivity index (χ4n) is 0.877. The number of aldehydes is 1. The maximum atomic E-state index is 10.7. The van der Waals surface area contributed by atoms with Crippen LogP contribution in [0.4, 0.5) is 4.79 Å². The minimum Gasteiger partial charge on any atom is -0.465 e. The Morgan fingerprint density at radius 2 is 2.15 bits per heavy atom. The van der Waals surface area contributed by atoms with Crippen molar-refractivity contribution in [3.63, 3.8) is 0 Å². The molecule has 0 aliphatic rings. The molecular formula is C8H15NO4. The predicted molar refractivity (Wildman–Crippen MR) is 46.7 cm³/mol. The Hall–Kier alpha value is -1.10. The second-order valence-corrected chi connectivity index (χ2v) is 3.20. The summed E-state index contributed by atoms with van der Waals surface area (Å²) < 4.78 is 4.74. The highest BCUT2D eigenvalue weighted by Crippen LogP contribution is 2.10. The maximum absolute atomic E-state index is 10.7. The van der Waals surface area contributed by atoms with Crippen molar-refractivity contribution < 1.29 is 19.4 Å². The molecule has 0 aliphatic carbocycles. The summed E-state index contributed by atoms with van der Waals surface area (Å²) in [7, 11) is 1.48. The van der Waals surface area contributed by atoms with Crippen molar-refractivity contribution in [1.82, 2.24) is 4.90 Å². The van der Waals surface area contributed by atoms with E-state index in [0.29, 0.717) is 6.29 Å². The van der Waals surface area contributed by atoms with Crippen molar-refractivity contribution >= 4 is 12.4 Å². The minimum absolute atomic E-state index is 0.192. The van der Waals surface area contributed by atoms with Crippen LogP contribution in [-0.2, 0) is 9.53 Å². The van der Waals surface area contributed by atoms with Crippen LogP contribution in [-0.4, -0.2) is 48.2 Å². The van der Waals surface area contributed by atoms with Gasteiger partial charge in [0.05, 0.1) is 12.1 Å². The van der Waals surface area contributed by atoms with Gasteiger partial charge in [0, 0.05) is 13.7 Å². The van der Waals surface area contributed by atoms with Crippen LogP contribution < -0.4 is 0 Å². The van der Waals surface area contributed by atoms with E-state index < -0.39 is 11.6 Å². The second kappa shape index (κ2) is 4.81. The number of amides is 1. The van der Waals surface area contributed by atoms with Crippen LogP contribution in [0.2, 0.25) is 0 Å². The first-order valence-corrected chi connectivity index (χ1v) is 3.91. The lowest BCUT2D eigenvalue weighted by molar-refractivity contribution is -0.116. The van der Waals surface area contributed by atoms with Gasteiger partial charge in [0.15, 0.2) is 0 Å². The molecule has 0 bridgehead atoms. The van der Waals surface area contributed by atoms with E-state index in [1.807, 2.05) is 0 Å². The van der Waals surface area contributed by atoms with E-state index in [-0.39, 0.29) is 13.2 Å². The van der Waals surface area contributed by atoms with Gasteiger partial charge in [0.25, 0.3) is 0 Å². The number of methoxy groups -OCH3 is 1. The topological polar surface area (TPSA) is 66.8 Å². The summed E-state index contributed by atoms with van der Waals surface area (Å²) in [6.45, 7) is 3.56. The summed E-state index contributed by atoms with van der Waals surface area (Å²) in [6, 6.07) is 0. The molecule has 0 spiro atoms. The molecule has 1 N–H and O–H groups in total. The van der Waals surface area contributed by atoms with Gasteiger partial charge in [-0.25, -0.2) is 4.79 Å². The average molecular weight is 189 g/mol. The number of carbonyl (C=O) groups excluding carboxylic acids is 1. The summed E-state index contributed by atoms with van der Waals surface area (Å²) in [6.07, 6.45) is -0.509. The molecule has 13 heavy (non-hydrogen) atoms. The van der Waals surface area contributed by atoms with Crippen molar-refractivity contribution in [3.05, 3.63) is 0 Å². The summed E-state index contributed by atoms with van der Waals surface area (Å²) in [5, 5.41) is 8.78. The van der Waals surface area contributed by atoms with Crippen molar-refractivity contribution in [2.75, 3.05) is 20.3 Å². The van der Waals surface area contributed by atoms with Gasteiger partial charge < -0.3 is 14.6 Å². The van der Waals surface area contributed by atoms with Crippen molar-refractivity contribution in [1.29, 1.82) is 0 Å². The van der Waals surface area contributed by atoms with Crippen LogP contribution in [0.15, 0.2) is 0 Å². The van der Waals surface area contributed by atoms with Crippen molar-refractivity contribution in [2.45, 2.75) is 19.4 Å². The lowest BCUT2D eigenvalue weighted by Crippen LogP contribution is -2.49. The first kappa shape index (κ1) is 11.9. The molecule has 0 fully saturated rings. The Labute approximate surface area is 77.3 Å². The van der Waals surface area contributed by atoms with Crippen LogP contribution in [0.5, 0.6) is 0 Å². The molecule has 0 rings (SSSR count). The molecule has 0 atom stereocenters. The lowest BCUT2D eigenvalue weighted by Gasteiger charge is -2.31. The van der Waals surface area contributed by atoms with E-state index in [9.17, 15) is 9.59 Å². The van der Waals surface area contributed by atoms with Gasteiger partial charge in [0.2, 0.25) is 0 Å². The first-order chi connectivity index (χ1) is 5.95. The van der Waals surface area contributed by atoms with Crippen LogP contribution >= 0.6 is 0 Å². The highest BCUT2D eigenvalue weighted by atomic mass is 16.5. The summed E-state index contributed by atoms with van der Waals surface area (Å²) in [5.41, 5.74) is -0.996. The number of nitrogens with zero attached hydrogens (tertiary/aromatic N) is 1. The maximum Gasteiger partial charge on any atom is 0.408 e. The molecule has 0 unspecified atom stereocenters. The van der Waals surface area contributed by atoms with Crippen molar-refractivity contribution in [3.8, 4) is 0 Å². The molecule has 0 aromatic carbocycles. The average Bonchev–Trinajstić information content (AvgIpc) is 2.04. The summed E-state index contributed by atoms with van der Waals surface area (Å²) in [5.74, 6) is 0. The van der Waals surface area contributed by atoms with E-state index >= 15 is 0 Å². The van der Waals surface area contributed by atoms with Crippen LogP contribution in [0.3, 0.4) is 0 Å². The molecule has 0 saturated heterocycles. The SMILES string of the molecule is COCCN(C(=O)O)C(C)(C)C=O. The highest BCUT2D eigenvalue weighted by Gasteiger charge is 2.29. The second-order valence-electron chi connectivity index (χ2n) is 3.20. The Morgan fingerprint density at radius 1 is 1.62 bits per heavy atom. The number of ether oxygens (including phenoxy) is 1. The minimum atomic E-state index is -1.12. The third-order valence-electron chi connectivity index (χ3n) is 1.73. The molecule has 5 heteroatoms. The Kier molecular flexibility index (Phi) is 4.40. The smallest absolute Gasteiger partial charge is 0.408 e. The Morgan fingerprint density at radius 3 is 2.46 bits per heavy atom. The summed E-state index contributed by atoms with van der Waals surface area (Å²) >= 11 is 0. The van der Waals surface area contributed by atoms with Crippen LogP contribution in [0, 0.1) is 0 Å². The number of rotatable bonds is 5. The zero-order valence-electron chi connectivity index (χ0n) is 8.11. The first-order valence-electron chi connectivity index (χ1n) is 3.91. The number of carboxylic acid groups (broad SMARTS) is 1.